The molecule has 1 unspecified atom stereocenters. The van der Waals surface area contributed by atoms with E-state index in [9.17, 15) is 20.4 Å². The molecule has 0 aliphatic heterocycles. The molecule has 0 fully saturated rings. The van der Waals surface area contributed by atoms with Crippen molar-refractivity contribution in [3.8, 4) is 22.3 Å². The molecular weight excluding hydrogens is 689 g/mol. The van der Waals surface area contributed by atoms with E-state index in [1.807, 2.05) is 84.9 Å². The van der Waals surface area contributed by atoms with Crippen LogP contribution >= 0.6 is 0 Å². The summed E-state index contributed by atoms with van der Waals surface area (Å²) in [7, 11) is 0. The average molecular weight is 743 g/mol. The van der Waals surface area contributed by atoms with Crippen molar-refractivity contribution in [3.63, 3.8) is 0 Å². The van der Waals surface area contributed by atoms with E-state index in [2.05, 4.69) is 92.9 Å². The second-order valence-electron chi connectivity index (χ2n) is 14.1. The van der Waals surface area contributed by atoms with Crippen LogP contribution in [-0.2, 0) is 0 Å². The highest BCUT2D eigenvalue weighted by molar-refractivity contribution is 5.96. The Bertz CT molecular complexity index is 2470. The fraction of sp³-hybridized carbons (Fsp3) is 0.192. The van der Waals surface area contributed by atoms with Crippen molar-refractivity contribution in [2.75, 3.05) is 0 Å². The number of aliphatic hydroxyl groups excluding tert-OH is 4. The van der Waals surface area contributed by atoms with Gasteiger partial charge in [0.25, 0.3) is 0 Å². The molecule has 0 amide bonds. The maximum atomic E-state index is 11.5. The maximum absolute atomic E-state index is 11.5. The third-order valence-electron chi connectivity index (χ3n) is 10.7. The Hall–Kier alpha value is -6.26. The van der Waals surface area contributed by atoms with Gasteiger partial charge < -0.3 is 20.4 Å². The third kappa shape index (κ3) is 7.52. The molecule has 0 bridgehead atoms. The van der Waals surface area contributed by atoms with Gasteiger partial charge in [-0.05, 0) is 144 Å². The van der Waals surface area contributed by atoms with Crippen molar-refractivity contribution < 1.29 is 20.4 Å². The topological polar surface area (TPSA) is 80.9 Å². The van der Waals surface area contributed by atoms with Gasteiger partial charge in [-0.2, -0.15) is 0 Å². The minimum Gasteiger partial charge on any atom is -0.508 e. The Kier molecular flexibility index (Phi) is 12.8. The Labute approximate surface area is 332 Å². The average Bonchev–Trinajstić information content (AvgIpc) is 3.58. The normalized spacial score (nSPS) is 15.7. The fourth-order valence-corrected chi connectivity index (χ4v) is 7.90. The Morgan fingerprint density at radius 2 is 1.39 bits per heavy atom. The van der Waals surface area contributed by atoms with E-state index in [-0.39, 0.29) is 11.3 Å². The molecule has 0 saturated carbocycles. The van der Waals surface area contributed by atoms with Crippen molar-refractivity contribution in [2.24, 2.45) is 0 Å². The molecule has 0 saturated heterocycles. The van der Waals surface area contributed by atoms with Gasteiger partial charge in [0, 0.05) is 17.1 Å². The van der Waals surface area contributed by atoms with E-state index < -0.39 is 23.2 Å². The second-order valence-corrected chi connectivity index (χ2v) is 14.1. The van der Waals surface area contributed by atoms with E-state index >= 15 is 0 Å². The van der Waals surface area contributed by atoms with E-state index in [1.54, 1.807) is 6.08 Å². The Morgan fingerprint density at radius 1 is 0.750 bits per heavy atom. The molecule has 2 aliphatic rings. The van der Waals surface area contributed by atoms with E-state index in [4.69, 9.17) is 0 Å². The summed E-state index contributed by atoms with van der Waals surface area (Å²) in [5.41, 5.74) is 13.2. The van der Waals surface area contributed by atoms with Crippen LogP contribution in [0.4, 0.5) is 0 Å². The van der Waals surface area contributed by atoms with Crippen molar-refractivity contribution in [1.29, 1.82) is 0 Å². The van der Waals surface area contributed by atoms with Crippen LogP contribution in [0.1, 0.15) is 88.6 Å². The summed E-state index contributed by atoms with van der Waals surface area (Å²) < 4.78 is 0. The molecule has 6 rings (SSSR count). The number of hydrogen-bond acceptors (Lipinski definition) is 4. The lowest BCUT2D eigenvalue weighted by Gasteiger charge is -2.27. The van der Waals surface area contributed by atoms with Gasteiger partial charge >= 0.3 is 0 Å². The van der Waals surface area contributed by atoms with Gasteiger partial charge in [0.2, 0.25) is 5.76 Å². The lowest BCUT2D eigenvalue weighted by molar-refractivity contribution is 0.289. The van der Waals surface area contributed by atoms with E-state index in [0.29, 0.717) is 12.0 Å². The van der Waals surface area contributed by atoms with Gasteiger partial charge in [-0.3, -0.25) is 0 Å². The van der Waals surface area contributed by atoms with Crippen molar-refractivity contribution >= 4 is 29.0 Å². The second kappa shape index (κ2) is 17.5. The maximum Gasteiger partial charge on any atom is 0.200 e. The molecule has 0 radical (unpaired) electrons. The summed E-state index contributed by atoms with van der Waals surface area (Å²) in [5, 5.41) is 47.3. The van der Waals surface area contributed by atoms with Gasteiger partial charge in [0.15, 0.2) is 11.5 Å². The molecule has 4 aromatic rings. The molecule has 286 valence electrons. The highest BCUT2D eigenvalue weighted by Crippen LogP contribution is 2.52. The summed E-state index contributed by atoms with van der Waals surface area (Å²) in [6, 6.07) is 23.5. The van der Waals surface area contributed by atoms with Gasteiger partial charge in [0.1, 0.15) is 5.76 Å². The van der Waals surface area contributed by atoms with Crippen LogP contribution in [0.5, 0.6) is 0 Å². The monoisotopic (exact) mass is 742 g/mol. The van der Waals surface area contributed by atoms with Crippen molar-refractivity contribution in [2.45, 2.75) is 67.7 Å². The summed E-state index contributed by atoms with van der Waals surface area (Å²) >= 11 is 0. The first kappa shape index (κ1) is 40.9. The Morgan fingerprint density at radius 3 is 1.98 bits per heavy atom. The van der Waals surface area contributed by atoms with Gasteiger partial charge in [-0.15, -0.1) is 0 Å². The summed E-state index contributed by atoms with van der Waals surface area (Å²) in [6.45, 7) is 24.2. The number of allylic oxidation sites excluding steroid dienone is 11. The van der Waals surface area contributed by atoms with Crippen molar-refractivity contribution in [1.82, 2.24) is 0 Å². The highest BCUT2D eigenvalue weighted by atomic mass is 16.3. The summed E-state index contributed by atoms with van der Waals surface area (Å²) in [4.78, 5) is 0. The van der Waals surface area contributed by atoms with Crippen LogP contribution in [0.15, 0.2) is 167 Å². The third-order valence-corrected chi connectivity index (χ3v) is 10.7. The standard InChI is InChI=1S/C50H48O4.C2H6/c1-9-12-14-20-39-31(7)45(43-28-44(52)49(53)50(54)48-42(43)27-41(30(6)29(4)5)46(48)32(8)51)40(17-10-2)38(11-3)47(39)37-24-23-35-25-34(21-22-36(35)26-37)33-18-15-13-16-19-33;1-2/h9-26,28,43,51-54H,3,8,27H2,1-2,4-7H3;1-2H3/b12-9-,17-10-,20-14-;. The molecule has 0 aromatic heterocycles. The number of hydrogen-bond donors (Lipinski definition) is 4. The zero-order chi connectivity index (χ0) is 40.8. The Balaban J connectivity index is 0.00000295. The SMILES string of the molecule is C=Cc1c(/C=C\C)c(C2C=C(O)C(O)=C(O)C3=C2CC(C(C)=C(C)C)=C3C(=C)O)c(C)c(/C=C\C=C/C)c1-c1ccc2cc(-c3ccccc3)ccc2c1.CC. The van der Waals surface area contributed by atoms with Crippen LogP contribution in [0.25, 0.3) is 51.3 Å². The molecule has 4 nitrogen and oxygen atoms in total. The smallest absolute Gasteiger partial charge is 0.200 e. The predicted octanol–water partition coefficient (Wildman–Crippen LogP) is 15.1. The quantitative estimate of drug-likeness (QED) is 0.102. The van der Waals surface area contributed by atoms with Crippen LogP contribution in [0.2, 0.25) is 0 Å². The van der Waals surface area contributed by atoms with E-state index in [0.717, 1.165) is 77.6 Å². The molecule has 0 heterocycles. The van der Waals surface area contributed by atoms with Crippen LogP contribution in [0, 0.1) is 6.92 Å². The molecule has 56 heavy (non-hydrogen) atoms. The first-order chi connectivity index (χ1) is 26.9. The fourth-order valence-electron chi connectivity index (χ4n) is 7.90. The first-order valence-electron chi connectivity index (χ1n) is 19.3. The lowest BCUT2D eigenvalue weighted by Crippen LogP contribution is -2.10. The molecule has 0 spiro atoms. The van der Waals surface area contributed by atoms with Gasteiger partial charge in [-0.25, -0.2) is 0 Å². The number of benzene rings is 4. The summed E-state index contributed by atoms with van der Waals surface area (Å²) in [5.74, 6) is -2.41. The zero-order valence-corrected chi connectivity index (χ0v) is 34.0. The molecular formula is C52H54O4. The molecule has 4 N–H and O–H groups in total. The molecule has 1 atom stereocenters. The number of aliphatic hydroxyl groups is 4. The predicted molar refractivity (Wildman–Crippen MR) is 240 cm³/mol. The minimum atomic E-state index is -0.648. The van der Waals surface area contributed by atoms with Gasteiger partial charge in [-0.1, -0.05) is 130 Å². The first-order valence-corrected chi connectivity index (χ1v) is 19.3. The van der Waals surface area contributed by atoms with Crippen LogP contribution in [-0.4, -0.2) is 20.4 Å². The van der Waals surface area contributed by atoms with Gasteiger partial charge in [0.05, 0.1) is 0 Å². The minimum absolute atomic E-state index is 0.218. The summed E-state index contributed by atoms with van der Waals surface area (Å²) in [6.07, 6.45) is 16.0. The zero-order valence-electron chi connectivity index (χ0n) is 34.0. The van der Waals surface area contributed by atoms with Crippen molar-refractivity contribution in [3.05, 3.63) is 195 Å². The van der Waals surface area contributed by atoms with Crippen LogP contribution < -0.4 is 0 Å². The molecule has 2 aliphatic carbocycles. The van der Waals surface area contributed by atoms with Crippen LogP contribution in [0.3, 0.4) is 0 Å². The molecule has 4 aromatic carbocycles. The largest absolute Gasteiger partial charge is 0.508 e. The highest BCUT2D eigenvalue weighted by Gasteiger charge is 2.39. The van der Waals surface area contributed by atoms with E-state index in [1.165, 1.54) is 5.56 Å². The number of fused-ring (bicyclic) bond motifs is 1. The lowest BCUT2D eigenvalue weighted by atomic mass is 9.76. The molecule has 4 heteroatoms. The number of rotatable bonds is 9.